The van der Waals surface area contributed by atoms with Gasteiger partial charge in [-0.25, -0.2) is 0 Å². The van der Waals surface area contributed by atoms with Crippen molar-refractivity contribution < 1.29 is 4.79 Å². The molecule has 3 unspecified atom stereocenters. The average Bonchev–Trinajstić information content (AvgIpc) is 2.97. The molecule has 0 aromatic heterocycles. The summed E-state index contributed by atoms with van der Waals surface area (Å²) in [5.41, 5.74) is 4.76. The molecule has 2 aromatic carbocycles. The smallest absolute Gasteiger partial charge is 0.253 e. The van der Waals surface area contributed by atoms with Crippen LogP contribution in [-0.4, -0.2) is 65.4 Å². The number of benzene rings is 2. The van der Waals surface area contributed by atoms with E-state index < -0.39 is 0 Å². The molecule has 35 heavy (non-hydrogen) atoms. The van der Waals surface area contributed by atoms with Crippen LogP contribution in [0.4, 0.5) is 0 Å². The van der Waals surface area contributed by atoms with E-state index in [2.05, 4.69) is 77.9 Å². The number of hydrogen-bond donors (Lipinski definition) is 0. The Labute approximate surface area is 211 Å². The van der Waals surface area contributed by atoms with Gasteiger partial charge in [0, 0.05) is 50.4 Å². The van der Waals surface area contributed by atoms with Crippen LogP contribution in [0, 0.1) is 6.92 Å². The maximum absolute atomic E-state index is 13.1. The van der Waals surface area contributed by atoms with Crippen molar-refractivity contribution in [2.24, 2.45) is 0 Å². The second-order valence-corrected chi connectivity index (χ2v) is 10.8. The van der Waals surface area contributed by atoms with Gasteiger partial charge in [0.05, 0.1) is 6.04 Å². The highest BCUT2D eigenvalue weighted by Gasteiger charge is 2.36. The number of aryl methyl sites for hydroxylation is 1. The van der Waals surface area contributed by atoms with E-state index in [1.54, 1.807) is 0 Å². The molecule has 3 fully saturated rings. The number of carbonyl (C=O) groups excluding carboxylic acids is 1. The number of likely N-dealkylation sites (tertiary alicyclic amines) is 1. The van der Waals surface area contributed by atoms with Crippen LogP contribution in [0.5, 0.6) is 0 Å². The van der Waals surface area contributed by atoms with Crippen LogP contribution in [0.1, 0.15) is 78.0 Å². The number of rotatable bonds is 6. The quantitative estimate of drug-likeness (QED) is 0.496. The number of amides is 1. The van der Waals surface area contributed by atoms with Crippen molar-refractivity contribution in [2.45, 2.75) is 70.0 Å². The van der Waals surface area contributed by atoms with Gasteiger partial charge in [0.2, 0.25) is 0 Å². The van der Waals surface area contributed by atoms with E-state index in [0.29, 0.717) is 12.1 Å². The Balaban J connectivity index is 1.44. The summed E-state index contributed by atoms with van der Waals surface area (Å²) in [6.07, 6.45) is 10.7. The van der Waals surface area contributed by atoms with Crippen molar-refractivity contribution in [3.8, 4) is 0 Å². The van der Waals surface area contributed by atoms with Gasteiger partial charge >= 0.3 is 0 Å². The Bertz CT molecular complexity index is 1010. The molecular weight excluding hydrogens is 430 g/mol. The van der Waals surface area contributed by atoms with E-state index in [1.807, 2.05) is 4.90 Å². The molecular formula is C31H41N3O. The molecule has 5 rings (SSSR count). The first-order valence-corrected chi connectivity index (χ1v) is 13.7. The normalized spacial score (nSPS) is 24.5. The minimum absolute atomic E-state index is 0.187. The molecule has 0 radical (unpaired) electrons. The van der Waals surface area contributed by atoms with Gasteiger partial charge in [0.25, 0.3) is 5.91 Å². The highest BCUT2D eigenvalue weighted by Crippen LogP contribution is 2.36. The maximum atomic E-state index is 13.1. The third-order valence-electron chi connectivity index (χ3n) is 8.39. The summed E-state index contributed by atoms with van der Waals surface area (Å²) in [6, 6.07) is 19.0. The van der Waals surface area contributed by atoms with Gasteiger partial charge < -0.3 is 4.90 Å². The molecule has 0 N–H and O–H groups in total. The fourth-order valence-corrected chi connectivity index (χ4v) is 6.63. The zero-order valence-corrected chi connectivity index (χ0v) is 21.4. The Hall–Kier alpha value is -2.43. The summed E-state index contributed by atoms with van der Waals surface area (Å²) in [4.78, 5) is 20.5. The first-order chi connectivity index (χ1) is 17.1. The largest absolute Gasteiger partial charge is 0.339 e. The molecule has 0 saturated carbocycles. The standard InChI is InChI=1S/C31H41N3O/c1-3-18-34-28-11-8-12-29(34)23-33(21-17-28)30(27-10-7-9-24(2)22-27)25-13-15-26(16-14-25)31(35)32-19-5-4-6-20-32/h3,7,9-10,13-16,22,28-30H,1,4-6,8,11-12,17-21,23H2,2H3. The van der Waals surface area contributed by atoms with Gasteiger partial charge in [-0.1, -0.05) is 54.5 Å². The zero-order valence-electron chi connectivity index (χ0n) is 21.4. The van der Waals surface area contributed by atoms with Gasteiger partial charge in [-0.3, -0.25) is 14.6 Å². The van der Waals surface area contributed by atoms with E-state index in [9.17, 15) is 4.79 Å². The van der Waals surface area contributed by atoms with Crippen LogP contribution in [0.25, 0.3) is 0 Å². The second kappa shape index (κ2) is 11.1. The summed E-state index contributed by atoms with van der Waals surface area (Å²) in [7, 11) is 0. The van der Waals surface area contributed by atoms with E-state index in [1.165, 1.54) is 48.8 Å². The monoisotopic (exact) mass is 471 g/mol. The number of piperidine rings is 2. The molecule has 3 heterocycles. The summed E-state index contributed by atoms with van der Waals surface area (Å²) < 4.78 is 0. The Morgan fingerprint density at radius 3 is 2.46 bits per heavy atom. The number of carbonyl (C=O) groups is 1. The van der Waals surface area contributed by atoms with Crippen LogP contribution < -0.4 is 0 Å². The summed E-state index contributed by atoms with van der Waals surface area (Å²) >= 11 is 0. The lowest BCUT2D eigenvalue weighted by Gasteiger charge is -2.41. The first-order valence-electron chi connectivity index (χ1n) is 13.7. The van der Waals surface area contributed by atoms with Crippen LogP contribution in [-0.2, 0) is 0 Å². The minimum Gasteiger partial charge on any atom is -0.339 e. The van der Waals surface area contributed by atoms with E-state index >= 15 is 0 Å². The predicted molar refractivity (Wildman–Crippen MR) is 144 cm³/mol. The molecule has 2 aromatic rings. The lowest BCUT2D eigenvalue weighted by Crippen LogP contribution is -2.48. The lowest BCUT2D eigenvalue weighted by atomic mass is 9.93. The fraction of sp³-hybridized carbons (Fsp3) is 0.516. The van der Waals surface area contributed by atoms with Gasteiger partial charge in [0.15, 0.2) is 0 Å². The highest BCUT2D eigenvalue weighted by molar-refractivity contribution is 5.94. The van der Waals surface area contributed by atoms with E-state index in [4.69, 9.17) is 0 Å². The molecule has 3 aliphatic rings. The van der Waals surface area contributed by atoms with Crippen molar-refractivity contribution >= 4 is 5.91 Å². The molecule has 3 aliphatic heterocycles. The van der Waals surface area contributed by atoms with Crippen LogP contribution in [0.2, 0.25) is 0 Å². The highest BCUT2D eigenvalue weighted by atomic mass is 16.2. The number of hydrogen-bond acceptors (Lipinski definition) is 3. The number of nitrogens with zero attached hydrogens (tertiary/aromatic N) is 3. The van der Waals surface area contributed by atoms with Crippen molar-refractivity contribution in [3.05, 3.63) is 83.4 Å². The van der Waals surface area contributed by atoms with Gasteiger partial charge in [-0.15, -0.1) is 6.58 Å². The van der Waals surface area contributed by atoms with E-state index in [0.717, 1.165) is 51.1 Å². The van der Waals surface area contributed by atoms with E-state index in [-0.39, 0.29) is 11.9 Å². The molecule has 3 saturated heterocycles. The van der Waals surface area contributed by atoms with Crippen LogP contribution in [0.15, 0.2) is 61.2 Å². The third kappa shape index (κ3) is 5.39. The average molecular weight is 472 g/mol. The third-order valence-corrected chi connectivity index (χ3v) is 8.39. The van der Waals surface area contributed by atoms with Crippen molar-refractivity contribution in [2.75, 3.05) is 32.7 Å². The Kier molecular flexibility index (Phi) is 7.69. The lowest BCUT2D eigenvalue weighted by molar-refractivity contribution is 0.0724. The van der Waals surface area contributed by atoms with Crippen molar-refractivity contribution in [1.29, 1.82) is 0 Å². The molecule has 1 amide bonds. The number of fused-ring (bicyclic) bond motifs is 2. The van der Waals surface area contributed by atoms with Gasteiger partial charge in [0.1, 0.15) is 0 Å². The van der Waals surface area contributed by atoms with Crippen LogP contribution >= 0.6 is 0 Å². The first kappa shape index (κ1) is 24.3. The van der Waals surface area contributed by atoms with Crippen molar-refractivity contribution in [1.82, 2.24) is 14.7 Å². The Morgan fingerprint density at radius 1 is 0.943 bits per heavy atom. The van der Waals surface area contributed by atoms with Crippen LogP contribution in [0.3, 0.4) is 0 Å². The fourth-order valence-electron chi connectivity index (χ4n) is 6.63. The Morgan fingerprint density at radius 2 is 1.71 bits per heavy atom. The van der Waals surface area contributed by atoms with Gasteiger partial charge in [-0.2, -0.15) is 0 Å². The summed E-state index contributed by atoms with van der Waals surface area (Å²) in [5.74, 6) is 0.187. The molecule has 186 valence electrons. The molecule has 2 bridgehead atoms. The SMILES string of the molecule is C=CCN1C2CCCC1CN(C(c1ccc(C(=O)N3CCCCC3)cc1)c1cccc(C)c1)CC2. The topological polar surface area (TPSA) is 26.8 Å². The second-order valence-electron chi connectivity index (χ2n) is 10.8. The molecule has 0 aliphatic carbocycles. The predicted octanol–water partition coefficient (Wildman–Crippen LogP) is 5.83. The molecule has 3 atom stereocenters. The maximum Gasteiger partial charge on any atom is 0.253 e. The minimum atomic E-state index is 0.187. The summed E-state index contributed by atoms with van der Waals surface area (Å²) in [5, 5.41) is 0. The van der Waals surface area contributed by atoms with Gasteiger partial charge in [-0.05, 0) is 68.7 Å². The molecule has 4 heteroatoms. The molecule has 4 nitrogen and oxygen atoms in total. The summed E-state index contributed by atoms with van der Waals surface area (Å²) in [6.45, 7) is 11.2. The molecule has 0 spiro atoms. The van der Waals surface area contributed by atoms with Crippen molar-refractivity contribution in [3.63, 3.8) is 0 Å². The zero-order chi connectivity index (χ0) is 24.2.